The number of thiophene rings is 1. The van der Waals surface area contributed by atoms with Crippen LogP contribution < -0.4 is 4.74 Å². The average molecular weight is 371 g/mol. The summed E-state index contributed by atoms with van der Waals surface area (Å²) >= 11 is 1.54. The van der Waals surface area contributed by atoms with Crippen molar-refractivity contribution in [1.82, 2.24) is 9.80 Å². The predicted molar refractivity (Wildman–Crippen MR) is 105 cm³/mol. The molecule has 1 atom stereocenters. The van der Waals surface area contributed by atoms with Crippen molar-refractivity contribution < 1.29 is 9.53 Å². The second-order valence-electron chi connectivity index (χ2n) is 7.19. The number of methoxy groups -OCH3 is 1. The molecule has 4 rings (SSSR count). The first kappa shape index (κ1) is 17.6. The quantitative estimate of drug-likeness (QED) is 0.829. The lowest BCUT2D eigenvalue weighted by atomic mass is 9.87. The van der Waals surface area contributed by atoms with Crippen molar-refractivity contribution in [3.63, 3.8) is 0 Å². The van der Waals surface area contributed by atoms with Gasteiger partial charge in [-0.25, -0.2) is 0 Å². The number of rotatable bonds is 3. The molecule has 1 aliphatic carbocycles. The lowest BCUT2D eigenvalue weighted by Crippen LogP contribution is -2.42. The minimum atomic E-state index is 0.195. The van der Waals surface area contributed by atoms with Gasteiger partial charge in [-0.15, -0.1) is 11.3 Å². The number of nitrogens with zero attached hydrogens (tertiary/aromatic N) is 2. The van der Waals surface area contributed by atoms with Crippen LogP contribution in [0.3, 0.4) is 0 Å². The molecule has 1 unspecified atom stereocenters. The smallest absolute Gasteiger partial charge is 0.263 e. The SMILES string of the molecule is COc1ccc2c(c1)CC(N1CCCN(C(=O)c3cccs3)CC1)CC2. The van der Waals surface area contributed by atoms with Crippen molar-refractivity contribution in [1.29, 1.82) is 0 Å². The molecule has 2 aromatic rings. The molecular formula is C21H26N2O2S. The summed E-state index contributed by atoms with van der Waals surface area (Å²) in [5.74, 6) is 1.15. The molecule has 1 saturated heterocycles. The number of hydrogen-bond donors (Lipinski definition) is 0. The second-order valence-corrected chi connectivity index (χ2v) is 8.14. The Morgan fingerprint density at radius 2 is 2.08 bits per heavy atom. The molecule has 138 valence electrons. The number of benzene rings is 1. The molecule has 0 bridgehead atoms. The molecule has 4 nitrogen and oxygen atoms in total. The van der Waals surface area contributed by atoms with E-state index in [1.165, 1.54) is 28.9 Å². The van der Waals surface area contributed by atoms with E-state index in [1.807, 2.05) is 22.4 Å². The van der Waals surface area contributed by atoms with E-state index in [9.17, 15) is 4.79 Å². The molecule has 2 heterocycles. The molecule has 5 heteroatoms. The Morgan fingerprint density at radius 1 is 1.15 bits per heavy atom. The summed E-state index contributed by atoms with van der Waals surface area (Å²) in [4.78, 5) is 18.1. The first-order chi connectivity index (χ1) is 12.7. The third-order valence-corrected chi connectivity index (χ3v) is 6.54. The Balaban J connectivity index is 1.40. The van der Waals surface area contributed by atoms with E-state index in [2.05, 4.69) is 23.1 Å². The Kier molecular flexibility index (Phi) is 5.27. The summed E-state index contributed by atoms with van der Waals surface area (Å²) in [7, 11) is 1.73. The first-order valence-electron chi connectivity index (χ1n) is 9.47. The van der Waals surface area contributed by atoms with Crippen molar-refractivity contribution in [3.05, 3.63) is 51.7 Å². The van der Waals surface area contributed by atoms with E-state index < -0.39 is 0 Å². The summed E-state index contributed by atoms with van der Waals surface area (Å²) in [6.07, 6.45) is 4.49. The zero-order valence-electron chi connectivity index (χ0n) is 15.3. The number of fused-ring (bicyclic) bond motifs is 1. The van der Waals surface area contributed by atoms with Gasteiger partial charge in [-0.2, -0.15) is 0 Å². The van der Waals surface area contributed by atoms with Gasteiger partial charge in [-0.3, -0.25) is 9.69 Å². The molecule has 1 aromatic heterocycles. The van der Waals surface area contributed by atoms with Crippen molar-refractivity contribution >= 4 is 17.2 Å². The van der Waals surface area contributed by atoms with Gasteiger partial charge < -0.3 is 9.64 Å². The van der Waals surface area contributed by atoms with Crippen LogP contribution in [0.15, 0.2) is 35.7 Å². The third-order valence-electron chi connectivity index (χ3n) is 5.68. The molecule has 0 radical (unpaired) electrons. The lowest BCUT2D eigenvalue weighted by Gasteiger charge is -2.34. The summed E-state index contributed by atoms with van der Waals surface area (Å²) < 4.78 is 5.40. The predicted octanol–water partition coefficient (Wildman–Crippen LogP) is 3.46. The zero-order chi connectivity index (χ0) is 17.9. The van der Waals surface area contributed by atoms with Crippen LogP contribution in [0, 0.1) is 0 Å². The number of hydrogen-bond acceptors (Lipinski definition) is 4. The van der Waals surface area contributed by atoms with Crippen molar-refractivity contribution in [2.45, 2.75) is 31.7 Å². The minimum absolute atomic E-state index is 0.195. The fraction of sp³-hybridized carbons (Fsp3) is 0.476. The van der Waals surface area contributed by atoms with Crippen LogP contribution in [0.4, 0.5) is 0 Å². The molecule has 1 amide bonds. The highest BCUT2D eigenvalue weighted by Gasteiger charge is 2.28. The largest absolute Gasteiger partial charge is 0.497 e. The van der Waals surface area contributed by atoms with Gasteiger partial charge in [0.1, 0.15) is 5.75 Å². The van der Waals surface area contributed by atoms with Gasteiger partial charge in [0.25, 0.3) is 5.91 Å². The number of aryl methyl sites for hydroxylation is 1. The standard InChI is InChI=1S/C21H26N2O2S/c1-25-19-8-6-16-5-7-18(14-17(16)15-19)22-9-3-10-23(12-11-22)21(24)20-4-2-13-26-20/h2,4,6,8,13,15,18H,3,5,7,9-12,14H2,1H3. The van der Waals surface area contributed by atoms with Gasteiger partial charge >= 0.3 is 0 Å². The molecule has 1 aliphatic heterocycles. The Morgan fingerprint density at radius 3 is 2.88 bits per heavy atom. The molecule has 26 heavy (non-hydrogen) atoms. The van der Waals surface area contributed by atoms with Crippen LogP contribution in [0.2, 0.25) is 0 Å². The molecule has 0 spiro atoms. The normalized spacial score (nSPS) is 21.1. The molecule has 0 saturated carbocycles. The van der Waals surface area contributed by atoms with E-state index in [1.54, 1.807) is 7.11 Å². The van der Waals surface area contributed by atoms with E-state index in [4.69, 9.17) is 4.74 Å². The summed E-state index contributed by atoms with van der Waals surface area (Å²) in [5, 5.41) is 1.98. The number of ether oxygens (including phenoxy) is 1. The van der Waals surface area contributed by atoms with Crippen LogP contribution in [0.25, 0.3) is 0 Å². The van der Waals surface area contributed by atoms with Crippen LogP contribution >= 0.6 is 11.3 Å². The molecule has 0 N–H and O–H groups in total. The molecule has 1 aromatic carbocycles. The molecule has 2 aliphatic rings. The Labute approximate surface area is 159 Å². The van der Waals surface area contributed by atoms with Gasteiger partial charge in [-0.1, -0.05) is 12.1 Å². The Bertz CT molecular complexity index is 759. The van der Waals surface area contributed by atoms with Crippen LogP contribution in [0.1, 0.15) is 33.6 Å². The molecular weight excluding hydrogens is 344 g/mol. The lowest BCUT2D eigenvalue weighted by molar-refractivity contribution is 0.0762. The summed E-state index contributed by atoms with van der Waals surface area (Å²) in [6, 6.07) is 10.9. The number of amides is 1. The number of carbonyl (C=O) groups is 1. The second kappa shape index (κ2) is 7.80. The van der Waals surface area contributed by atoms with Gasteiger partial charge in [0.15, 0.2) is 0 Å². The first-order valence-corrected chi connectivity index (χ1v) is 10.3. The summed E-state index contributed by atoms with van der Waals surface area (Å²) in [6.45, 7) is 3.75. The maximum atomic E-state index is 12.6. The maximum Gasteiger partial charge on any atom is 0.263 e. The van der Waals surface area contributed by atoms with Gasteiger partial charge in [0, 0.05) is 32.2 Å². The highest BCUT2D eigenvalue weighted by molar-refractivity contribution is 7.12. The average Bonchev–Trinajstić information content (AvgIpc) is 3.11. The van der Waals surface area contributed by atoms with Crippen molar-refractivity contribution in [3.8, 4) is 5.75 Å². The van der Waals surface area contributed by atoms with E-state index >= 15 is 0 Å². The van der Waals surface area contributed by atoms with Crippen LogP contribution in [-0.2, 0) is 12.8 Å². The van der Waals surface area contributed by atoms with Gasteiger partial charge in [0.2, 0.25) is 0 Å². The van der Waals surface area contributed by atoms with Crippen molar-refractivity contribution in [2.75, 3.05) is 33.3 Å². The summed E-state index contributed by atoms with van der Waals surface area (Å²) in [5.41, 5.74) is 2.89. The fourth-order valence-corrected chi connectivity index (χ4v) is 4.91. The van der Waals surface area contributed by atoms with Gasteiger partial charge in [-0.05, 0) is 60.4 Å². The maximum absolute atomic E-state index is 12.6. The van der Waals surface area contributed by atoms with Crippen LogP contribution in [0.5, 0.6) is 5.75 Å². The topological polar surface area (TPSA) is 32.8 Å². The minimum Gasteiger partial charge on any atom is -0.497 e. The monoisotopic (exact) mass is 370 g/mol. The zero-order valence-corrected chi connectivity index (χ0v) is 16.1. The Hall–Kier alpha value is -1.85. The van der Waals surface area contributed by atoms with Crippen molar-refractivity contribution in [2.24, 2.45) is 0 Å². The molecule has 1 fully saturated rings. The van der Waals surface area contributed by atoms with E-state index in [0.29, 0.717) is 6.04 Å². The van der Waals surface area contributed by atoms with Gasteiger partial charge in [0.05, 0.1) is 12.0 Å². The number of carbonyl (C=O) groups excluding carboxylic acids is 1. The highest BCUT2D eigenvalue weighted by atomic mass is 32.1. The van der Waals surface area contributed by atoms with E-state index in [0.717, 1.165) is 56.1 Å². The third kappa shape index (κ3) is 3.64. The highest BCUT2D eigenvalue weighted by Crippen LogP contribution is 2.28. The fourth-order valence-electron chi connectivity index (χ4n) is 4.21. The van der Waals surface area contributed by atoms with Crippen LogP contribution in [-0.4, -0.2) is 55.0 Å². The van der Waals surface area contributed by atoms with E-state index in [-0.39, 0.29) is 5.91 Å².